The van der Waals surface area contributed by atoms with Crippen LogP contribution in [0.2, 0.25) is 0 Å². The third-order valence-corrected chi connectivity index (χ3v) is 1.26. The van der Waals surface area contributed by atoms with Gasteiger partial charge in [0, 0.05) is 6.54 Å². The van der Waals surface area contributed by atoms with Gasteiger partial charge in [-0.2, -0.15) is 0 Å². The first-order valence-electron chi connectivity index (χ1n) is 3.73. The molecule has 0 rings (SSSR count). The molecular formula is C7H14N2O3. The highest BCUT2D eigenvalue weighted by Gasteiger charge is 2.11. The second kappa shape index (κ2) is 6.60. The van der Waals surface area contributed by atoms with E-state index in [9.17, 15) is 9.59 Å². The minimum atomic E-state index is -0.848. The Morgan fingerprint density at radius 1 is 1.33 bits per heavy atom. The molecule has 70 valence electrons. The zero-order valence-corrected chi connectivity index (χ0v) is 7.35. The molecule has 5 nitrogen and oxygen atoms in total. The van der Waals surface area contributed by atoms with E-state index >= 15 is 0 Å². The van der Waals surface area contributed by atoms with Gasteiger partial charge in [0.15, 0.2) is 0 Å². The minimum Gasteiger partial charge on any atom is -0.462 e. The fourth-order valence-corrected chi connectivity index (χ4v) is 0.632. The van der Waals surface area contributed by atoms with Crippen LogP contribution in [-0.2, 0) is 14.3 Å². The highest BCUT2D eigenvalue weighted by atomic mass is 16.5. The van der Waals surface area contributed by atoms with Gasteiger partial charge in [-0.15, -0.1) is 0 Å². The minimum absolute atomic E-state index is 0.481. The van der Waals surface area contributed by atoms with E-state index in [1.165, 1.54) is 7.11 Å². The summed E-state index contributed by atoms with van der Waals surface area (Å²) in [6.45, 7) is 1.29. The van der Waals surface area contributed by atoms with Crippen molar-refractivity contribution in [3.8, 4) is 0 Å². The van der Waals surface area contributed by atoms with Gasteiger partial charge >= 0.3 is 11.9 Å². The Hall–Kier alpha value is -1.10. The summed E-state index contributed by atoms with van der Waals surface area (Å²) < 4.78 is 4.20. The molecule has 12 heavy (non-hydrogen) atoms. The first-order valence-corrected chi connectivity index (χ1v) is 3.73. The largest absolute Gasteiger partial charge is 0.462 e. The summed E-state index contributed by atoms with van der Waals surface area (Å²) in [6.07, 6.45) is 0.791. The van der Waals surface area contributed by atoms with Gasteiger partial charge in [-0.25, -0.2) is 4.79 Å². The van der Waals surface area contributed by atoms with Gasteiger partial charge in [-0.1, -0.05) is 0 Å². The van der Waals surface area contributed by atoms with E-state index < -0.39 is 11.9 Å². The average molecular weight is 174 g/mol. The molecule has 0 aromatic heterocycles. The first kappa shape index (κ1) is 10.9. The van der Waals surface area contributed by atoms with Crippen LogP contribution >= 0.6 is 0 Å². The highest BCUT2D eigenvalue weighted by molar-refractivity contribution is 6.32. The van der Waals surface area contributed by atoms with Crippen LogP contribution in [0.15, 0.2) is 0 Å². The van der Waals surface area contributed by atoms with Gasteiger partial charge < -0.3 is 15.4 Å². The SMILES string of the molecule is CNCCCNC(=O)C(=O)OC. The summed E-state index contributed by atoms with van der Waals surface area (Å²) >= 11 is 0. The lowest BCUT2D eigenvalue weighted by Gasteiger charge is -2.02. The summed E-state index contributed by atoms with van der Waals surface area (Å²) in [5, 5.41) is 5.33. The third-order valence-electron chi connectivity index (χ3n) is 1.26. The third kappa shape index (κ3) is 4.68. The molecule has 0 heterocycles. The summed E-state index contributed by atoms with van der Waals surface area (Å²) in [7, 11) is 3.00. The molecule has 0 saturated heterocycles. The van der Waals surface area contributed by atoms with Crippen LogP contribution in [0.1, 0.15) is 6.42 Å². The first-order chi connectivity index (χ1) is 5.72. The molecule has 0 radical (unpaired) electrons. The van der Waals surface area contributed by atoms with Crippen molar-refractivity contribution in [2.24, 2.45) is 0 Å². The van der Waals surface area contributed by atoms with E-state index in [0.29, 0.717) is 6.54 Å². The maximum atomic E-state index is 10.7. The second-order valence-corrected chi connectivity index (χ2v) is 2.20. The number of rotatable bonds is 4. The quantitative estimate of drug-likeness (QED) is 0.322. The highest BCUT2D eigenvalue weighted by Crippen LogP contribution is 1.76. The van der Waals surface area contributed by atoms with Crippen molar-refractivity contribution in [3.63, 3.8) is 0 Å². The molecule has 0 aromatic carbocycles. The maximum absolute atomic E-state index is 10.7. The maximum Gasteiger partial charge on any atom is 0.396 e. The van der Waals surface area contributed by atoms with Crippen molar-refractivity contribution in [1.29, 1.82) is 0 Å². The van der Waals surface area contributed by atoms with E-state index in [-0.39, 0.29) is 0 Å². The van der Waals surface area contributed by atoms with Crippen molar-refractivity contribution in [3.05, 3.63) is 0 Å². The Balaban J connectivity index is 3.38. The van der Waals surface area contributed by atoms with Gasteiger partial charge in [-0.3, -0.25) is 4.79 Å². The second-order valence-electron chi connectivity index (χ2n) is 2.20. The number of hydrogen-bond acceptors (Lipinski definition) is 4. The van der Waals surface area contributed by atoms with Crippen molar-refractivity contribution in [2.75, 3.05) is 27.2 Å². The number of amides is 1. The predicted molar refractivity (Wildman–Crippen MR) is 43.6 cm³/mol. The molecule has 0 aliphatic heterocycles. The van der Waals surface area contributed by atoms with Crippen LogP contribution in [0.4, 0.5) is 0 Å². The number of carbonyl (C=O) groups excluding carboxylic acids is 2. The fourth-order valence-electron chi connectivity index (χ4n) is 0.632. The van der Waals surface area contributed by atoms with Crippen molar-refractivity contribution in [1.82, 2.24) is 10.6 Å². The number of ether oxygens (including phenoxy) is 1. The normalized spacial score (nSPS) is 9.17. The summed E-state index contributed by atoms with van der Waals surface area (Å²) in [6, 6.07) is 0. The molecular weight excluding hydrogens is 160 g/mol. The van der Waals surface area contributed by atoms with E-state index in [1.807, 2.05) is 7.05 Å². The molecule has 0 aliphatic carbocycles. The number of hydrogen-bond donors (Lipinski definition) is 2. The van der Waals surface area contributed by atoms with Crippen LogP contribution < -0.4 is 10.6 Å². The van der Waals surface area contributed by atoms with E-state index in [4.69, 9.17) is 0 Å². The molecule has 0 saturated carbocycles. The van der Waals surface area contributed by atoms with E-state index in [1.54, 1.807) is 0 Å². The average Bonchev–Trinajstić information content (AvgIpc) is 2.10. The Labute approximate surface area is 71.5 Å². The molecule has 0 bridgehead atoms. The smallest absolute Gasteiger partial charge is 0.396 e. The molecule has 2 N–H and O–H groups in total. The van der Waals surface area contributed by atoms with Gasteiger partial charge in [0.1, 0.15) is 0 Å². The van der Waals surface area contributed by atoms with Gasteiger partial charge in [0.05, 0.1) is 7.11 Å². The lowest BCUT2D eigenvalue weighted by atomic mass is 10.4. The van der Waals surface area contributed by atoms with Crippen LogP contribution in [0.5, 0.6) is 0 Å². The van der Waals surface area contributed by atoms with E-state index in [0.717, 1.165) is 13.0 Å². The molecule has 0 atom stereocenters. The van der Waals surface area contributed by atoms with Gasteiger partial charge in [-0.05, 0) is 20.0 Å². The lowest BCUT2D eigenvalue weighted by Crippen LogP contribution is -2.33. The Kier molecular flexibility index (Phi) is 6.00. The van der Waals surface area contributed by atoms with Crippen LogP contribution in [0, 0.1) is 0 Å². The van der Waals surface area contributed by atoms with Crippen molar-refractivity contribution >= 4 is 11.9 Å². The number of esters is 1. The zero-order valence-electron chi connectivity index (χ0n) is 7.35. The van der Waals surface area contributed by atoms with Crippen molar-refractivity contribution in [2.45, 2.75) is 6.42 Å². The van der Waals surface area contributed by atoms with Gasteiger partial charge in [0.2, 0.25) is 0 Å². The molecule has 0 aromatic rings. The Morgan fingerprint density at radius 3 is 2.50 bits per heavy atom. The van der Waals surface area contributed by atoms with E-state index in [2.05, 4.69) is 15.4 Å². The molecule has 0 aliphatic rings. The van der Waals surface area contributed by atoms with Gasteiger partial charge in [0.25, 0.3) is 0 Å². The Bertz CT molecular complexity index is 159. The van der Waals surface area contributed by atoms with Crippen LogP contribution in [0.25, 0.3) is 0 Å². The molecule has 0 unspecified atom stereocenters. The topological polar surface area (TPSA) is 67.4 Å². The van der Waals surface area contributed by atoms with Crippen LogP contribution in [0.3, 0.4) is 0 Å². The van der Waals surface area contributed by atoms with Crippen molar-refractivity contribution < 1.29 is 14.3 Å². The number of methoxy groups -OCH3 is 1. The molecule has 0 fully saturated rings. The monoisotopic (exact) mass is 174 g/mol. The Morgan fingerprint density at radius 2 is 2.00 bits per heavy atom. The zero-order chi connectivity index (χ0) is 9.40. The standard InChI is InChI=1S/C7H14N2O3/c1-8-4-3-5-9-6(10)7(11)12-2/h8H,3-5H2,1-2H3,(H,9,10). The molecule has 1 amide bonds. The fraction of sp³-hybridized carbons (Fsp3) is 0.714. The number of nitrogens with one attached hydrogen (secondary N) is 2. The molecule has 5 heteroatoms. The summed E-state index contributed by atoms with van der Waals surface area (Å²) in [4.78, 5) is 21.3. The van der Waals surface area contributed by atoms with Crippen LogP contribution in [-0.4, -0.2) is 39.1 Å². The summed E-state index contributed by atoms with van der Waals surface area (Å²) in [5.74, 6) is -1.53. The summed E-state index contributed by atoms with van der Waals surface area (Å²) in [5.41, 5.74) is 0. The molecule has 0 spiro atoms. The number of carbonyl (C=O) groups is 2. The lowest BCUT2D eigenvalue weighted by molar-refractivity contribution is -0.152. The predicted octanol–water partition coefficient (Wildman–Crippen LogP) is -1.11.